The largest absolute Gasteiger partial charge is 0.480 e. The maximum absolute atomic E-state index is 10.4. The lowest BCUT2D eigenvalue weighted by Gasteiger charge is -2.09. The highest BCUT2D eigenvalue weighted by Crippen LogP contribution is 2.03. The molecular formula is C10H17N3O7S2. The van der Waals surface area contributed by atoms with E-state index < -0.39 is 29.9 Å². The molecular weight excluding hydrogens is 338 g/mol. The monoisotopic (exact) mass is 355 g/mol. The lowest BCUT2D eigenvalue weighted by atomic mass is 10.3. The lowest BCUT2D eigenvalue weighted by Crippen LogP contribution is -2.41. The van der Waals surface area contributed by atoms with Crippen LogP contribution < -0.4 is 10.6 Å². The Balaban J connectivity index is 0. The summed E-state index contributed by atoms with van der Waals surface area (Å²) >= 11 is 4.29. The zero-order valence-electron chi connectivity index (χ0n) is 11.8. The molecule has 0 aromatic heterocycles. The van der Waals surface area contributed by atoms with Crippen molar-refractivity contribution in [1.82, 2.24) is 10.6 Å². The van der Waals surface area contributed by atoms with E-state index in [-0.39, 0.29) is 17.4 Å². The Hall–Kier alpha value is -1.82. The molecule has 126 valence electrons. The molecule has 0 bridgehead atoms. The molecule has 2 amide bonds. The van der Waals surface area contributed by atoms with E-state index in [9.17, 15) is 24.1 Å². The molecule has 0 aliphatic heterocycles. The van der Waals surface area contributed by atoms with Crippen LogP contribution in [0.5, 0.6) is 0 Å². The van der Waals surface area contributed by atoms with Gasteiger partial charge in [-0.15, -0.1) is 4.91 Å². The average molecular weight is 355 g/mol. The maximum Gasteiger partial charge on any atom is 0.327 e. The zero-order chi connectivity index (χ0) is 17.7. The Morgan fingerprint density at radius 2 is 1.45 bits per heavy atom. The number of amides is 2. The van der Waals surface area contributed by atoms with Crippen molar-refractivity contribution >= 4 is 48.3 Å². The first kappa shape index (κ1) is 22.5. The van der Waals surface area contributed by atoms with Crippen LogP contribution in [0.4, 0.5) is 0 Å². The number of hydrogen-bond acceptors (Lipinski definition) is 8. The number of aliphatic carboxylic acids is 2. The fraction of sp³-hybridized carbons (Fsp3) is 0.600. The van der Waals surface area contributed by atoms with Gasteiger partial charge in [-0.25, -0.2) is 9.59 Å². The van der Waals surface area contributed by atoms with Gasteiger partial charge in [-0.3, -0.25) is 9.59 Å². The summed E-state index contributed by atoms with van der Waals surface area (Å²) in [4.78, 5) is 50.9. The lowest BCUT2D eigenvalue weighted by molar-refractivity contribution is -0.141. The van der Waals surface area contributed by atoms with Gasteiger partial charge in [0.15, 0.2) is 0 Å². The molecule has 4 N–H and O–H groups in total. The van der Waals surface area contributed by atoms with Crippen molar-refractivity contribution in [2.45, 2.75) is 25.9 Å². The van der Waals surface area contributed by atoms with Crippen molar-refractivity contribution in [3.63, 3.8) is 0 Å². The maximum atomic E-state index is 10.4. The number of hydrogen-bond donors (Lipinski definition) is 5. The van der Waals surface area contributed by atoms with E-state index >= 15 is 0 Å². The number of nitrogens with zero attached hydrogens (tertiary/aromatic N) is 1. The molecule has 0 aliphatic carbocycles. The quantitative estimate of drug-likeness (QED) is 0.221. The Morgan fingerprint density at radius 3 is 1.68 bits per heavy atom. The normalized spacial score (nSPS) is 12.0. The molecule has 0 heterocycles. The standard InChI is InChI=1S/C5H8N2O4S.C5H9NO3S/c1-3(8)6-4(5(9)10)2-12-7-11;1-3(7)6-4(2-10)5(8)9/h4H,2H2,1H3,(H,6,8)(H,9,10);4,10H,2H2,1H3,(H,6,7)(H,8,9). The van der Waals surface area contributed by atoms with Gasteiger partial charge in [-0.2, -0.15) is 12.6 Å². The van der Waals surface area contributed by atoms with Gasteiger partial charge in [-0.1, -0.05) is 0 Å². The minimum absolute atomic E-state index is 0.0571. The molecule has 0 saturated carbocycles. The number of nitrogens with one attached hydrogen (secondary N) is 2. The Kier molecular flexibility index (Phi) is 13.2. The number of carboxylic acids is 2. The molecule has 0 spiro atoms. The minimum atomic E-state index is -1.18. The topological polar surface area (TPSA) is 162 Å². The van der Waals surface area contributed by atoms with Crippen LogP contribution in [-0.2, 0) is 19.2 Å². The third-order valence-electron chi connectivity index (χ3n) is 1.83. The molecule has 2 atom stereocenters. The highest BCUT2D eigenvalue weighted by atomic mass is 32.2. The van der Waals surface area contributed by atoms with Gasteiger partial charge in [0.05, 0.1) is 0 Å². The SMILES string of the molecule is CC(=O)NC(CS)C(=O)O.CC(=O)NC(CSN=O)C(=O)O. The van der Waals surface area contributed by atoms with Crippen molar-refractivity contribution in [2.75, 3.05) is 11.5 Å². The first-order valence-electron chi connectivity index (χ1n) is 5.70. The summed E-state index contributed by atoms with van der Waals surface area (Å²) in [6.45, 7) is 2.47. The van der Waals surface area contributed by atoms with E-state index in [0.717, 1.165) is 0 Å². The predicted octanol–water partition coefficient (Wildman–Crippen LogP) is -0.504. The Morgan fingerprint density at radius 1 is 1.05 bits per heavy atom. The number of nitroso groups, excluding NO2 is 1. The molecule has 0 aliphatic rings. The number of thiol groups is 1. The summed E-state index contributed by atoms with van der Waals surface area (Å²) in [6, 6.07) is -1.92. The van der Waals surface area contributed by atoms with Crippen LogP contribution in [0.2, 0.25) is 0 Å². The summed E-state index contributed by atoms with van der Waals surface area (Å²) in [5, 5.41) is 21.2. The summed E-state index contributed by atoms with van der Waals surface area (Å²) in [5.41, 5.74) is 0. The number of carboxylic acid groups (broad SMARTS) is 2. The van der Waals surface area contributed by atoms with Gasteiger partial charge in [0.2, 0.25) is 11.8 Å². The molecule has 0 aromatic carbocycles. The first-order valence-corrected chi connectivity index (χ1v) is 7.28. The summed E-state index contributed by atoms with van der Waals surface area (Å²) < 4.78 is 2.42. The van der Waals surface area contributed by atoms with Crippen LogP contribution in [0.1, 0.15) is 13.8 Å². The summed E-state index contributed by atoms with van der Waals surface area (Å²) in [6.07, 6.45) is 0. The van der Waals surface area contributed by atoms with E-state index in [2.05, 4.69) is 27.8 Å². The second-order valence-corrected chi connectivity index (χ2v) is 4.84. The van der Waals surface area contributed by atoms with Gasteiger partial charge in [-0.05, 0) is 0 Å². The third-order valence-corrected chi connectivity index (χ3v) is 2.78. The number of carbonyl (C=O) groups is 4. The van der Waals surface area contributed by atoms with Gasteiger partial charge < -0.3 is 20.8 Å². The molecule has 22 heavy (non-hydrogen) atoms. The third kappa shape index (κ3) is 13.2. The van der Waals surface area contributed by atoms with Crippen LogP contribution in [0, 0.1) is 4.91 Å². The highest BCUT2D eigenvalue weighted by Gasteiger charge is 2.18. The van der Waals surface area contributed by atoms with Gasteiger partial charge in [0.1, 0.15) is 12.1 Å². The number of carbonyl (C=O) groups excluding carboxylic acids is 2. The Bertz CT molecular complexity index is 419. The van der Waals surface area contributed by atoms with Crippen LogP contribution in [0.25, 0.3) is 0 Å². The van der Waals surface area contributed by atoms with Crippen molar-refractivity contribution in [2.24, 2.45) is 4.58 Å². The van der Waals surface area contributed by atoms with E-state index in [1.54, 1.807) is 0 Å². The highest BCUT2D eigenvalue weighted by molar-refractivity contribution is 7.97. The fourth-order valence-corrected chi connectivity index (χ4v) is 1.64. The summed E-state index contributed by atoms with van der Waals surface area (Å²) in [5.74, 6) is -3.00. The van der Waals surface area contributed by atoms with E-state index in [0.29, 0.717) is 11.9 Å². The minimum Gasteiger partial charge on any atom is -0.480 e. The molecule has 0 aromatic rings. The average Bonchev–Trinajstić information content (AvgIpc) is 2.40. The Labute approximate surface area is 135 Å². The second-order valence-electron chi connectivity index (χ2n) is 3.74. The molecule has 0 saturated heterocycles. The molecule has 12 heteroatoms. The molecule has 10 nitrogen and oxygen atoms in total. The van der Waals surface area contributed by atoms with Crippen LogP contribution in [0.3, 0.4) is 0 Å². The number of rotatable bonds is 8. The first-order chi connectivity index (χ1) is 10.1. The van der Waals surface area contributed by atoms with E-state index in [1.807, 2.05) is 0 Å². The van der Waals surface area contributed by atoms with Crippen molar-refractivity contribution in [1.29, 1.82) is 0 Å². The molecule has 0 radical (unpaired) electrons. The molecule has 0 fully saturated rings. The summed E-state index contributed by atoms with van der Waals surface area (Å²) in [7, 11) is 0. The zero-order valence-corrected chi connectivity index (χ0v) is 13.5. The van der Waals surface area contributed by atoms with Crippen LogP contribution >= 0.6 is 24.6 Å². The smallest absolute Gasteiger partial charge is 0.327 e. The van der Waals surface area contributed by atoms with E-state index in [1.165, 1.54) is 13.8 Å². The van der Waals surface area contributed by atoms with Crippen LogP contribution in [-0.4, -0.2) is 57.6 Å². The fourth-order valence-electron chi connectivity index (χ4n) is 0.956. The van der Waals surface area contributed by atoms with Gasteiger partial charge in [0.25, 0.3) is 0 Å². The molecule has 0 rings (SSSR count). The van der Waals surface area contributed by atoms with Crippen molar-refractivity contribution in [3.05, 3.63) is 4.91 Å². The van der Waals surface area contributed by atoms with Crippen molar-refractivity contribution in [3.8, 4) is 0 Å². The van der Waals surface area contributed by atoms with Gasteiger partial charge in [0, 0.05) is 41.9 Å². The molecule has 2 unspecified atom stereocenters. The van der Waals surface area contributed by atoms with Crippen LogP contribution in [0.15, 0.2) is 4.58 Å². The van der Waals surface area contributed by atoms with Gasteiger partial charge >= 0.3 is 11.9 Å². The second kappa shape index (κ2) is 12.9. The van der Waals surface area contributed by atoms with Crippen molar-refractivity contribution < 1.29 is 29.4 Å². The predicted molar refractivity (Wildman–Crippen MR) is 82.6 cm³/mol. The van der Waals surface area contributed by atoms with E-state index in [4.69, 9.17) is 10.2 Å².